The van der Waals surface area contributed by atoms with E-state index in [0.717, 1.165) is 32.4 Å². The molecule has 2 aliphatic rings. The maximum absolute atomic E-state index is 12.4. The van der Waals surface area contributed by atoms with Crippen LogP contribution < -0.4 is 5.73 Å². The van der Waals surface area contributed by atoms with Crippen LogP contribution in [0.25, 0.3) is 0 Å². The largest absolute Gasteiger partial charge is 0.341 e. The van der Waals surface area contributed by atoms with Gasteiger partial charge in [-0.3, -0.25) is 9.59 Å². The van der Waals surface area contributed by atoms with Crippen LogP contribution in [0.5, 0.6) is 0 Å². The molecule has 0 aromatic rings. The van der Waals surface area contributed by atoms with Crippen LogP contribution in [0.2, 0.25) is 0 Å². The molecule has 1 heterocycles. The predicted octanol–water partition coefficient (Wildman–Crippen LogP) is 0.975. The maximum atomic E-state index is 12.4. The van der Waals surface area contributed by atoms with Crippen molar-refractivity contribution >= 4 is 11.8 Å². The highest BCUT2D eigenvalue weighted by molar-refractivity contribution is 5.77. The van der Waals surface area contributed by atoms with E-state index >= 15 is 0 Å². The average Bonchev–Trinajstić information content (AvgIpc) is 2.67. The Morgan fingerprint density at radius 1 is 1.00 bits per heavy atom. The number of amides is 2. The van der Waals surface area contributed by atoms with Crippen LogP contribution in [0.4, 0.5) is 0 Å². The first kappa shape index (κ1) is 15.3. The van der Waals surface area contributed by atoms with Crippen LogP contribution in [0.1, 0.15) is 45.4 Å². The van der Waals surface area contributed by atoms with Gasteiger partial charge in [-0.25, -0.2) is 0 Å². The Balaban J connectivity index is 1.84. The van der Waals surface area contributed by atoms with E-state index < -0.39 is 0 Å². The second-order valence-corrected chi connectivity index (χ2v) is 6.15. The third-order valence-electron chi connectivity index (χ3n) is 4.70. The molecule has 0 aromatic carbocycles. The zero-order valence-corrected chi connectivity index (χ0v) is 12.5. The fourth-order valence-electron chi connectivity index (χ4n) is 3.32. The summed E-state index contributed by atoms with van der Waals surface area (Å²) in [4.78, 5) is 27.6. The Bertz CT molecular complexity index is 359. The van der Waals surface area contributed by atoms with Crippen molar-refractivity contribution in [3.05, 3.63) is 0 Å². The summed E-state index contributed by atoms with van der Waals surface area (Å²) in [5.41, 5.74) is 6.13. The number of nitrogens with two attached hydrogens (primary N) is 1. The number of carbonyl (C=O) groups is 2. The van der Waals surface area contributed by atoms with Crippen molar-refractivity contribution in [2.45, 2.75) is 51.5 Å². The lowest BCUT2D eigenvalue weighted by Gasteiger charge is -2.30. The van der Waals surface area contributed by atoms with Crippen LogP contribution >= 0.6 is 0 Å². The van der Waals surface area contributed by atoms with Crippen LogP contribution in [-0.4, -0.2) is 53.8 Å². The van der Waals surface area contributed by atoms with Gasteiger partial charge in [0.2, 0.25) is 11.8 Å². The van der Waals surface area contributed by atoms with E-state index in [-0.39, 0.29) is 17.9 Å². The van der Waals surface area contributed by atoms with Gasteiger partial charge in [-0.05, 0) is 25.2 Å². The van der Waals surface area contributed by atoms with Gasteiger partial charge in [-0.15, -0.1) is 0 Å². The Hall–Kier alpha value is -1.10. The molecular formula is C15H27N3O2. The predicted molar refractivity (Wildman–Crippen MR) is 78.0 cm³/mol. The molecule has 0 aromatic heterocycles. The molecule has 2 atom stereocenters. The Morgan fingerprint density at radius 2 is 1.65 bits per heavy atom. The molecule has 0 spiro atoms. The summed E-state index contributed by atoms with van der Waals surface area (Å²) in [5, 5.41) is 0. The molecule has 2 amide bonds. The molecule has 1 saturated heterocycles. The van der Waals surface area contributed by atoms with E-state index in [1.165, 1.54) is 12.8 Å². The normalized spacial score (nSPS) is 28.1. The van der Waals surface area contributed by atoms with Crippen molar-refractivity contribution in [2.75, 3.05) is 26.2 Å². The van der Waals surface area contributed by atoms with Crippen molar-refractivity contribution in [3.8, 4) is 0 Å². The maximum Gasteiger partial charge on any atom is 0.222 e. The van der Waals surface area contributed by atoms with Gasteiger partial charge in [-0.2, -0.15) is 0 Å². The smallest absolute Gasteiger partial charge is 0.222 e. The molecule has 1 aliphatic carbocycles. The number of hydrogen-bond donors (Lipinski definition) is 1. The molecule has 2 N–H and O–H groups in total. The van der Waals surface area contributed by atoms with Gasteiger partial charge in [0.1, 0.15) is 0 Å². The molecule has 5 nitrogen and oxygen atoms in total. The number of nitrogens with zero attached hydrogens (tertiary/aromatic N) is 2. The SMILES string of the molecule is CC(=O)N1CCCN(C(=O)CC2CCCCC2N)CC1. The topological polar surface area (TPSA) is 66.6 Å². The summed E-state index contributed by atoms with van der Waals surface area (Å²) in [6.07, 6.45) is 5.99. The van der Waals surface area contributed by atoms with Crippen LogP contribution in [0.15, 0.2) is 0 Å². The van der Waals surface area contributed by atoms with Crippen molar-refractivity contribution in [1.82, 2.24) is 9.80 Å². The molecule has 2 fully saturated rings. The molecule has 0 bridgehead atoms. The molecule has 1 aliphatic heterocycles. The van der Waals surface area contributed by atoms with E-state index in [0.29, 0.717) is 25.4 Å². The summed E-state index contributed by atoms with van der Waals surface area (Å²) in [6, 6.07) is 0.188. The standard InChI is InChI=1S/C15H27N3O2/c1-12(19)17-7-4-8-18(10-9-17)15(20)11-13-5-2-3-6-14(13)16/h13-14H,2-11,16H2,1H3. The minimum absolute atomic E-state index is 0.105. The number of rotatable bonds is 2. The third-order valence-corrected chi connectivity index (χ3v) is 4.70. The first-order valence-electron chi connectivity index (χ1n) is 7.87. The second-order valence-electron chi connectivity index (χ2n) is 6.15. The van der Waals surface area contributed by atoms with Crippen LogP contribution in [0, 0.1) is 5.92 Å². The van der Waals surface area contributed by atoms with Gasteiger partial charge in [-0.1, -0.05) is 12.8 Å². The van der Waals surface area contributed by atoms with Crippen molar-refractivity contribution in [2.24, 2.45) is 11.7 Å². The highest BCUT2D eigenvalue weighted by atomic mass is 16.2. The molecule has 1 saturated carbocycles. The van der Waals surface area contributed by atoms with E-state index in [4.69, 9.17) is 5.73 Å². The van der Waals surface area contributed by atoms with E-state index in [1.807, 2.05) is 9.80 Å². The Kier molecular flexibility index (Phi) is 5.40. The quantitative estimate of drug-likeness (QED) is 0.820. The highest BCUT2D eigenvalue weighted by Gasteiger charge is 2.27. The Labute approximate surface area is 121 Å². The van der Waals surface area contributed by atoms with Crippen LogP contribution in [0.3, 0.4) is 0 Å². The number of carbonyl (C=O) groups excluding carboxylic acids is 2. The lowest BCUT2D eigenvalue weighted by atomic mass is 9.82. The van der Waals surface area contributed by atoms with Gasteiger partial charge in [0.15, 0.2) is 0 Å². The first-order chi connectivity index (χ1) is 9.58. The van der Waals surface area contributed by atoms with Gasteiger partial charge >= 0.3 is 0 Å². The van der Waals surface area contributed by atoms with Crippen LogP contribution in [-0.2, 0) is 9.59 Å². The Morgan fingerprint density at radius 3 is 2.35 bits per heavy atom. The fraction of sp³-hybridized carbons (Fsp3) is 0.867. The fourth-order valence-corrected chi connectivity index (χ4v) is 3.32. The minimum atomic E-state index is 0.105. The monoisotopic (exact) mass is 281 g/mol. The second kappa shape index (κ2) is 7.07. The van der Waals surface area contributed by atoms with Gasteiger partial charge < -0.3 is 15.5 Å². The third kappa shape index (κ3) is 3.95. The molecule has 2 rings (SSSR count). The zero-order chi connectivity index (χ0) is 14.5. The number of hydrogen-bond acceptors (Lipinski definition) is 3. The van der Waals surface area contributed by atoms with Gasteiger partial charge in [0.25, 0.3) is 0 Å². The van der Waals surface area contributed by atoms with Crippen molar-refractivity contribution in [3.63, 3.8) is 0 Å². The van der Waals surface area contributed by atoms with E-state index in [1.54, 1.807) is 6.92 Å². The van der Waals surface area contributed by atoms with Crippen molar-refractivity contribution < 1.29 is 9.59 Å². The zero-order valence-electron chi connectivity index (χ0n) is 12.5. The summed E-state index contributed by atoms with van der Waals surface area (Å²) < 4.78 is 0. The molecule has 5 heteroatoms. The highest BCUT2D eigenvalue weighted by Crippen LogP contribution is 2.26. The molecule has 0 radical (unpaired) electrons. The lowest BCUT2D eigenvalue weighted by molar-refractivity contribution is -0.133. The molecule has 20 heavy (non-hydrogen) atoms. The summed E-state index contributed by atoms with van der Waals surface area (Å²) in [7, 11) is 0. The average molecular weight is 281 g/mol. The van der Waals surface area contributed by atoms with Crippen molar-refractivity contribution in [1.29, 1.82) is 0 Å². The summed E-state index contributed by atoms with van der Waals surface area (Å²) in [6.45, 7) is 4.46. The van der Waals surface area contributed by atoms with Gasteiger partial charge in [0.05, 0.1) is 0 Å². The summed E-state index contributed by atoms with van der Waals surface area (Å²) in [5.74, 6) is 0.676. The molecule has 114 valence electrons. The first-order valence-corrected chi connectivity index (χ1v) is 7.87. The lowest BCUT2D eigenvalue weighted by Crippen LogP contribution is -2.40. The minimum Gasteiger partial charge on any atom is -0.341 e. The summed E-state index contributed by atoms with van der Waals surface area (Å²) >= 11 is 0. The van der Waals surface area contributed by atoms with Gasteiger partial charge in [0, 0.05) is 45.6 Å². The van der Waals surface area contributed by atoms with E-state index in [9.17, 15) is 9.59 Å². The molecular weight excluding hydrogens is 254 g/mol. The van der Waals surface area contributed by atoms with E-state index in [2.05, 4.69) is 0 Å². The molecule has 2 unspecified atom stereocenters.